The number of rotatable bonds is 3. The maximum absolute atomic E-state index is 12.6. The van der Waals surface area contributed by atoms with E-state index in [4.69, 9.17) is 0 Å². The van der Waals surface area contributed by atoms with Crippen molar-refractivity contribution in [1.82, 2.24) is 9.97 Å². The van der Waals surface area contributed by atoms with Gasteiger partial charge in [0.05, 0.1) is 10.9 Å². The molecule has 0 unspecified atom stereocenters. The molecule has 3 aromatic rings. The Hall–Kier alpha value is -2.47. The summed E-state index contributed by atoms with van der Waals surface area (Å²) in [6, 6.07) is 13.2. The highest BCUT2D eigenvalue weighted by Gasteiger charge is 2.24. The molecule has 0 atom stereocenters. The lowest BCUT2D eigenvalue weighted by Crippen LogP contribution is -2.29. The van der Waals surface area contributed by atoms with Crippen LogP contribution in [0.25, 0.3) is 10.9 Å². The van der Waals surface area contributed by atoms with Crippen LogP contribution in [0.4, 0.5) is 5.69 Å². The summed E-state index contributed by atoms with van der Waals surface area (Å²) in [4.78, 5) is 33.8. The third-order valence-corrected chi connectivity index (χ3v) is 4.97. The van der Waals surface area contributed by atoms with E-state index < -0.39 is 0 Å². The smallest absolute Gasteiger partial charge is 0.258 e. The fraction of sp³-hybridized carbons (Fsp3) is 0.211. The molecule has 25 heavy (non-hydrogen) atoms. The van der Waals surface area contributed by atoms with Crippen molar-refractivity contribution in [2.45, 2.75) is 19.3 Å². The van der Waals surface area contributed by atoms with Crippen LogP contribution in [0, 0.1) is 0 Å². The van der Waals surface area contributed by atoms with Crippen molar-refractivity contribution in [1.29, 1.82) is 0 Å². The molecular formula is C19H16BrN3O2. The number of anilines is 1. The summed E-state index contributed by atoms with van der Waals surface area (Å²) in [6.45, 7) is 0.701. The number of hydrogen-bond acceptors (Lipinski definition) is 3. The molecular weight excluding hydrogens is 382 g/mol. The summed E-state index contributed by atoms with van der Waals surface area (Å²) in [5.74, 6) is 0.601. The van der Waals surface area contributed by atoms with Gasteiger partial charge in [-0.1, -0.05) is 28.1 Å². The molecule has 1 aliphatic heterocycles. The molecule has 1 aromatic heterocycles. The highest BCUT2D eigenvalue weighted by Crippen LogP contribution is 2.31. The number of benzene rings is 2. The van der Waals surface area contributed by atoms with E-state index in [1.165, 1.54) is 5.56 Å². The van der Waals surface area contributed by atoms with E-state index in [-0.39, 0.29) is 11.5 Å². The number of amides is 1. The summed E-state index contributed by atoms with van der Waals surface area (Å²) in [5, 5.41) is 0.566. The lowest BCUT2D eigenvalue weighted by molar-refractivity contribution is -0.118. The van der Waals surface area contributed by atoms with Gasteiger partial charge in [0, 0.05) is 29.5 Å². The first kappa shape index (κ1) is 16.0. The Morgan fingerprint density at radius 2 is 2.08 bits per heavy atom. The van der Waals surface area contributed by atoms with Crippen molar-refractivity contribution in [3.63, 3.8) is 0 Å². The SMILES string of the molecule is O=C(CCc1nc2ccccc2c(=O)[nH]1)N1CCc2cc(Br)ccc21. The van der Waals surface area contributed by atoms with Crippen LogP contribution in [-0.4, -0.2) is 22.4 Å². The molecule has 0 aliphatic carbocycles. The second-order valence-electron chi connectivity index (χ2n) is 6.10. The first-order valence-corrected chi connectivity index (χ1v) is 8.98. The van der Waals surface area contributed by atoms with Gasteiger partial charge in [0.25, 0.3) is 5.56 Å². The van der Waals surface area contributed by atoms with E-state index in [2.05, 4.69) is 32.0 Å². The molecule has 0 saturated carbocycles. The van der Waals surface area contributed by atoms with Crippen LogP contribution in [0.5, 0.6) is 0 Å². The number of H-pyrrole nitrogens is 1. The van der Waals surface area contributed by atoms with Crippen LogP contribution < -0.4 is 10.5 Å². The normalized spacial score (nSPS) is 13.2. The van der Waals surface area contributed by atoms with Gasteiger partial charge in [0.15, 0.2) is 0 Å². The highest BCUT2D eigenvalue weighted by atomic mass is 79.9. The van der Waals surface area contributed by atoms with E-state index in [1.807, 2.05) is 35.2 Å². The monoisotopic (exact) mass is 397 g/mol. The molecule has 1 aliphatic rings. The van der Waals surface area contributed by atoms with E-state index in [0.29, 0.717) is 36.1 Å². The largest absolute Gasteiger partial charge is 0.312 e. The van der Waals surface area contributed by atoms with Crippen molar-refractivity contribution in [3.05, 3.63) is 68.7 Å². The molecule has 1 amide bonds. The first-order valence-electron chi connectivity index (χ1n) is 8.18. The van der Waals surface area contributed by atoms with Gasteiger partial charge in [0.1, 0.15) is 5.82 Å². The molecule has 1 N–H and O–H groups in total. The Balaban J connectivity index is 1.51. The number of aryl methyl sites for hydroxylation is 1. The van der Waals surface area contributed by atoms with Crippen molar-refractivity contribution >= 4 is 38.4 Å². The lowest BCUT2D eigenvalue weighted by atomic mass is 10.2. The number of para-hydroxylation sites is 1. The predicted molar refractivity (Wildman–Crippen MR) is 101 cm³/mol. The Kier molecular flexibility index (Phi) is 4.13. The van der Waals surface area contributed by atoms with Gasteiger partial charge < -0.3 is 9.88 Å². The number of nitrogens with zero attached hydrogens (tertiary/aromatic N) is 2. The summed E-state index contributed by atoms with van der Waals surface area (Å²) in [5.41, 5.74) is 2.66. The van der Waals surface area contributed by atoms with E-state index in [9.17, 15) is 9.59 Å². The van der Waals surface area contributed by atoms with E-state index in [1.54, 1.807) is 6.07 Å². The van der Waals surface area contributed by atoms with Gasteiger partial charge in [-0.3, -0.25) is 9.59 Å². The summed E-state index contributed by atoms with van der Waals surface area (Å²) < 4.78 is 1.03. The van der Waals surface area contributed by atoms with Crippen molar-refractivity contribution < 1.29 is 4.79 Å². The minimum absolute atomic E-state index is 0.0527. The van der Waals surface area contributed by atoms with Gasteiger partial charge in [-0.25, -0.2) is 4.98 Å². The van der Waals surface area contributed by atoms with Crippen LogP contribution in [-0.2, 0) is 17.6 Å². The maximum Gasteiger partial charge on any atom is 0.258 e. The highest BCUT2D eigenvalue weighted by molar-refractivity contribution is 9.10. The van der Waals surface area contributed by atoms with Crippen LogP contribution >= 0.6 is 15.9 Å². The Morgan fingerprint density at radius 1 is 1.24 bits per heavy atom. The molecule has 2 aromatic carbocycles. The van der Waals surface area contributed by atoms with Crippen LogP contribution in [0.2, 0.25) is 0 Å². The molecule has 0 spiro atoms. The minimum atomic E-state index is -0.163. The van der Waals surface area contributed by atoms with Gasteiger partial charge in [-0.05, 0) is 42.3 Å². The lowest BCUT2D eigenvalue weighted by Gasteiger charge is -2.17. The molecule has 0 fully saturated rings. The number of aromatic amines is 1. The molecule has 2 heterocycles. The summed E-state index contributed by atoms with van der Waals surface area (Å²) in [6.07, 6.45) is 1.60. The topological polar surface area (TPSA) is 66.1 Å². The zero-order valence-corrected chi connectivity index (χ0v) is 15.0. The predicted octanol–water partition coefficient (Wildman–Crippen LogP) is 3.21. The van der Waals surface area contributed by atoms with Crippen LogP contribution in [0.1, 0.15) is 17.8 Å². The molecule has 0 saturated heterocycles. The van der Waals surface area contributed by atoms with Gasteiger partial charge in [-0.15, -0.1) is 0 Å². The standard InChI is InChI=1S/C19H16BrN3O2/c20-13-5-6-16-12(11-13)9-10-23(16)18(24)8-7-17-21-15-4-2-1-3-14(15)19(25)22-17/h1-6,11H,7-10H2,(H,21,22,25). The minimum Gasteiger partial charge on any atom is -0.312 e. The quantitative estimate of drug-likeness (QED) is 0.737. The number of nitrogens with one attached hydrogen (secondary N) is 1. The average Bonchev–Trinajstić information content (AvgIpc) is 3.03. The van der Waals surface area contributed by atoms with Crippen LogP contribution in [0.15, 0.2) is 51.7 Å². The van der Waals surface area contributed by atoms with Gasteiger partial charge in [0.2, 0.25) is 5.91 Å². The summed E-state index contributed by atoms with van der Waals surface area (Å²) in [7, 11) is 0. The average molecular weight is 398 g/mol. The van der Waals surface area contributed by atoms with Gasteiger partial charge in [-0.2, -0.15) is 0 Å². The number of hydrogen-bond donors (Lipinski definition) is 1. The number of carbonyl (C=O) groups is 1. The second-order valence-corrected chi connectivity index (χ2v) is 7.01. The number of carbonyl (C=O) groups excluding carboxylic acids is 1. The fourth-order valence-electron chi connectivity index (χ4n) is 3.24. The first-order chi connectivity index (χ1) is 12.1. The third kappa shape index (κ3) is 3.09. The second kappa shape index (κ2) is 6.44. The van der Waals surface area contributed by atoms with Gasteiger partial charge >= 0.3 is 0 Å². The Labute approximate surface area is 152 Å². The van der Waals surface area contributed by atoms with Crippen molar-refractivity contribution in [3.8, 4) is 0 Å². The molecule has 4 rings (SSSR count). The van der Waals surface area contributed by atoms with Crippen LogP contribution in [0.3, 0.4) is 0 Å². The Bertz CT molecular complexity index is 1030. The molecule has 5 nitrogen and oxygen atoms in total. The van der Waals surface area contributed by atoms with E-state index >= 15 is 0 Å². The van der Waals surface area contributed by atoms with Crippen molar-refractivity contribution in [2.75, 3.05) is 11.4 Å². The Morgan fingerprint density at radius 3 is 2.96 bits per heavy atom. The zero-order chi connectivity index (χ0) is 17.4. The molecule has 0 radical (unpaired) electrons. The number of halogens is 1. The number of aromatic nitrogens is 2. The number of fused-ring (bicyclic) bond motifs is 2. The zero-order valence-electron chi connectivity index (χ0n) is 13.5. The maximum atomic E-state index is 12.6. The van der Waals surface area contributed by atoms with Crippen molar-refractivity contribution in [2.24, 2.45) is 0 Å². The molecule has 126 valence electrons. The molecule has 0 bridgehead atoms. The third-order valence-electron chi connectivity index (χ3n) is 4.48. The molecule has 6 heteroatoms. The fourth-order valence-corrected chi connectivity index (χ4v) is 3.65. The van der Waals surface area contributed by atoms with E-state index in [0.717, 1.165) is 16.6 Å². The summed E-state index contributed by atoms with van der Waals surface area (Å²) >= 11 is 3.46.